The van der Waals surface area contributed by atoms with Crippen molar-refractivity contribution in [1.82, 2.24) is 9.78 Å². The van der Waals surface area contributed by atoms with Crippen LogP contribution >= 0.6 is 15.9 Å². The zero-order chi connectivity index (χ0) is 17.6. The van der Waals surface area contributed by atoms with Gasteiger partial charge in [-0.15, -0.1) is 0 Å². The summed E-state index contributed by atoms with van der Waals surface area (Å²) in [4.78, 5) is 12.2. The number of halogens is 3. The molecule has 0 radical (unpaired) electrons. The molecule has 0 bridgehead atoms. The molecule has 0 saturated heterocycles. The highest BCUT2D eigenvalue weighted by Gasteiger charge is 2.30. The van der Waals surface area contributed by atoms with Gasteiger partial charge in [0.25, 0.3) is 0 Å². The Morgan fingerprint density at radius 3 is 2.64 bits per heavy atom. The summed E-state index contributed by atoms with van der Waals surface area (Å²) in [5.41, 5.74) is 2.30. The summed E-state index contributed by atoms with van der Waals surface area (Å²) in [6, 6.07) is 10.6. The van der Waals surface area contributed by atoms with Gasteiger partial charge in [-0.2, -0.15) is 5.10 Å². The van der Waals surface area contributed by atoms with Crippen LogP contribution in [0.15, 0.2) is 53.1 Å². The average Bonchev–Trinajstić information content (AvgIpc) is 3.01. The Morgan fingerprint density at radius 2 is 1.92 bits per heavy atom. The number of fused-ring (bicyclic) bond motifs is 1. The molecule has 1 atom stereocenters. The van der Waals surface area contributed by atoms with Gasteiger partial charge >= 0.3 is 0 Å². The predicted octanol–water partition coefficient (Wildman–Crippen LogP) is 4.39. The maximum absolute atomic E-state index is 13.5. The van der Waals surface area contributed by atoms with Gasteiger partial charge in [-0.1, -0.05) is 6.07 Å². The van der Waals surface area contributed by atoms with Crippen molar-refractivity contribution >= 4 is 27.7 Å². The van der Waals surface area contributed by atoms with Crippen LogP contribution in [0.2, 0.25) is 0 Å². The molecule has 1 unspecified atom stereocenters. The Labute approximate surface area is 150 Å². The van der Waals surface area contributed by atoms with Gasteiger partial charge in [-0.05, 0) is 57.9 Å². The SMILES string of the molecule is O=C1CC(c2ccc(F)c(Br)c2)c2cnn(-c3ccc(F)cc3)c2N1. The van der Waals surface area contributed by atoms with E-state index in [1.54, 1.807) is 35.1 Å². The van der Waals surface area contributed by atoms with Crippen LogP contribution in [0, 0.1) is 11.6 Å². The Morgan fingerprint density at radius 1 is 1.16 bits per heavy atom. The summed E-state index contributed by atoms with van der Waals surface area (Å²) in [7, 11) is 0. The van der Waals surface area contributed by atoms with Gasteiger partial charge in [-0.25, -0.2) is 13.5 Å². The molecular formula is C18H12BrF2N3O. The number of aromatic nitrogens is 2. The van der Waals surface area contributed by atoms with E-state index in [4.69, 9.17) is 0 Å². The highest BCUT2D eigenvalue weighted by atomic mass is 79.9. The Hall–Kier alpha value is -2.54. The lowest BCUT2D eigenvalue weighted by molar-refractivity contribution is -0.116. The van der Waals surface area contributed by atoms with Crippen LogP contribution in [0.3, 0.4) is 0 Å². The van der Waals surface area contributed by atoms with Crippen LogP contribution in [-0.2, 0) is 4.79 Å². The first-order chi connectivity index (χ1) is 12.0. The van der Waals surface area contributed by atoms with Gasteiger partial charge in [-0.3, -0.25) is 4.79 Å². The fraction of sp³-hybridized carbons (Fsp3) is 0.111. The van der Waals surface area contributed by atoms with Gasteiger partial charge < -0.3 is 5.32 Å². The molecule has 126 valence electrons. The van der Waals surface area contributed by atoms with Crippen LogP contribution in [0.5, 0.6) is 0 Å². The number of nitrogens with zero attached hydrogens (tertiary/aromatic N) is 2. The minimum atomic E-state index is -0.355. The van der Waals surface area contributed by atoms with Crippen LogP contribution in [0.1, 0.15) is 23.5 Å². The second kappa shape index (κ2) is 6.07. The summed E-state index contributed by atoms with van der Waals surface area (Å²) in [6.45, 7) is 0. The topological polar surface area (TPSA) is 46.9 Å². The second-order valence-electron chi connectivity index (χ2n) is 5.82. The lowest BCUT2D eigenvalue weighted by atomic mass is 9.87. The van der Waals surface area contributed by atoms with E-state index in [-0.39, 0.29) is 29.9 Å². The molecule has 0 fully saturated rings. The van der Waals surface area contributed by atoms with E-state index >= 15 is 0 Å². The number of benzene rings is 2. The molecule has 1 N–H and O–H groups in total. The number of hydrogen-bond donors (Lipinski definition) is 1. The predicted molar refractivity (Wildman–Crippen MR) is 92.7 cm³/mol. The van der Waals surface area contributed by atoms with E-state index in [9.17, 15) is 13.6 Å². The van der Waals surface area contributed by atoms with Gasteiger partial charge in [0.05, 0.1) is 16.4 Å². The Bertz CT molecular complexity index is 969. The van der Waals surface area contributed by atoms with Crippen molar-refractivity contribution < 1.29 is 13.6 Å². The van der Waals surface area contributed by atoms with Crippen LogP contribution in [-0.4, -0.2) is 15.7 Å². The average molecular weight is 404 g/mol. The molecule has 4 rings (SSSR count). The molecule has 1 aromatic heterocycles. The van der Waals surface area contributed by atoms with Crippen LogP contribution in [0.25, 0.3) is 5.69 Å². The Kier molecular flexibility index (Phi) is 3.88. The molecule has 1 amide bonds. The summed E-state index contributed by atoms with van der Waals surface area (Å²) in [5, 5.41) is 7.17. The van der Waals surface area contributed by atoms with E-state index in [0.717, 1.165) is 11.1 Å². The van der Waals surface area contributed by atoms with Crippen LogP contribution < -0.4 is 5.32 Å². The van der Waals surface area contributed by atoms with Crippen molar-refractivity contribution in [1.29, 1.82) is 0 Å². The zero-order valence-corrected chi connectivity index (χ0v) is 14.4. The minimum absolute atomic E-state index is 0.151. The maximum Gasteiger partial charge on any atom is 0.226 e. The molecule has 0 spiro atoms. The fourth-order valence-electron chi connectivity index (χ4n) is 3.02. The number of nitrogens with one attached hydrogen (secondary N) is 1. The molecule has 3 aromatic rings. The highest BCUT2D eigenvalue weighted by Crippen LogP contribution is 2.38. The molecule has 4 nitrogen and oxygen atoms in total. The largest absolute Gasteiger partial charge is 0.310 e. The number of anilines is 1. The van der Waals surface area contributed by atoms with E-state index in [1.807, 2.05) is 0 Å². The fourth-order valence-corrected chi connectivity index (χ4v) is 3.42. The van der Waals surface area contributed by atoms with Gasteiger partial charge in [0.15, 0.2) is 0 Å². The van der Waals surface area contributed by atoms with Crippen molar-refractivity contribution in [2.24, 2.45) is 0 Å². The molecule has 25 heavy (non-hydrogen) atoms. The number of carbonyl (C=O) groups excluding carboxylic acids is 1. The van der Waals surface area contributed by atoms with E-state index in [1.165, 1.54) is 18.2 Å². The molecular weight excluding hydrogens is 392 g/mol. The quantitative estimate of drug-likeness (QED) is 0.689. The van der Waals surface area contributed by atoms with Crippen molar-refractivity contribution in [3.63, 3.8) is 0 Å². The highest BCUT2D eigenvalue weighted by molar-refractivity contribution is 9.10. The molecule has 1 aliphatic rings. The summed E-state index contributed by atoms with van der Waals surface area (Å²) in [5.74, 6) is -0.529. The number of amides is 1. The second-order valence-corrected chi connectivity index (χ2v) is 6.67. The van der Waals surface area contributed by atoms with Crippen LogP contribution in [0.4, 0.5) is 14.6 Å². The first kappa shape index (κ1) is 16.0. The maximum atomic E-state index is 13.5. The molecule has 0 aliphatic carbocycles. The lowest BCUT2D eigenvalue weighted by Gasteiger charge is -2.24. The van der Waals surface area contributed by atoms with Crippen molar-refractivity contribution in [3.8, 4) is 5.69 Å². The van der Waals surface area contributed by atoms with E-state index in [0.29, 0.717) is 16.0 Å². The number of carbonyl (C=O) groups is 1. The molecule has 2 heterocycles. The number of rotatable bonds is 2. The first-order valence-electron chi connectivity index (χ1n) is 7.61. The van der Waals surface area contributed by atoms with Crippen molar-refractivity contribution in [2.45, 2.75) is 12.3 Å². The van der Waals surface area contributed by atoms with Crippen molar-refractivity contribution in [3.05, 3.63) is 75.9 Å². The summed E-state index contributed by atoms with van der Waals surface area (Å²) >= 11 is 3.18. The standard InChI is InChI=1S/C18H12BrF2N3O/c19-15-7-10(1-6-16(15)21)13-8-17(25)23-18-14(13)9-22-24(18)12-4-2-11(20)3-5-12/h1-7,9,13H,8H2,(H,23,25). The van der Waals surface area contributed by atoms with Gasteiger partial charge in [0, 0.05) is 17.9 Å². The van der Waals surface area contributed by atoms with E-state index in [2.05, 4.69) is 26.3 Å². The van der Waals surface area contributed by atoms with E-state index < -0.39 is 0 Å². The molecule has 0 saturated carbocycles. The van der Waals surface area contributed by atoms with Crippen molar-refractivity contribution in [2.75, 3.05) is 5.32 Å². The lowest BCUT2D eigenvalue weighted by Crippen LogP contribution is -2.24. The van der Waals surface area contributed by atoms with Gasteiger partial charge in [0.1, 0.15) is 17.5 Å². The first-order valence-corrected chi connectivity index (χ1v) is 8.41. The number of hydrogen-bond acceptors (Lipinski definition) is 2. The summed E-state index contributed by atoms with van der Waals surface area (Å²) in [6.07, 6.45) is 1.93. The minimum Gasteiger partial charge on any atom is -0.310 e. The summed E-state index contributed by atoms with van der Waals surface area (Å²) < 4.78 is 28.6. The molecule has 7 heteroatoms. The third kappa shape index (κ3) is 2.84. The Balaban J connectivity index is 1.81. The zero-order valence-electron chi connectivity index (χ0n) is 12.8. The third-order valence-corrected chi connectivity index (χ3v) is 4.85. The monoisotopic (exact) mass is 403 g/mol. The normalized spacial score (nSPS) is 16.4. The smallest absolute Gasteiger partial charge is 0.226 e. The van der Waals surface area contributed by atoms with Gasteiger partial charge in [0.2, 0.25) is 5.91 Å². The third-order valence-electron chi connectivity index (χ3n) is 4.24. The molecule has 2 aromatic carbocycles. The molecule has 1 aliphatic heterocycles.